The molecule has 0 spiro atoms. The number of ether oxygens (including phenoxy) is 1. The van der Waals surface area contributed by atoms with E-state index in [0.717, 1.165) is 29.0 Å². The number of carbonyl (C=O) groups excluding carboxylic acids is 1. The number of carbonyl (C=O) groups is 1. The van der Waals surface area contributed by atoms with Crippen LogP contribution in [0.2, 0.25) is 0 Å². The molecule has 0 bridgehead atoms. The Morgan fingerprint density at radius 1 is 1.31 bits per heavy atom. The summed E-state index contributed by atoms with van der Waals surface area (Å²) in [5, 5.41) is 10.0. The zero-order chi connectivity index (χ0) is 18.5. The molecule has 3 aromatic rings. The Morgan fingerprint density at radius 3 is 2.88 bits per heavy atom. The van der Waals surface area contributed by atoms with E-state index in [4.69, 9.17) is 4.74 Å². The van der Waals surface area contributed by atoms with Gasteiger partial charge in [0.1, 0.15) is 5.75 Å². The van der Waals surface area contributed by atoms with E-state index in [9.17, 15) is 4.79 Å². The van der Waals surface area contributed by atoms with Gasteiger partial charge in [0.05, 0.1) is 36.3 Å². The summed E-state index contributed by atoms with van der Waals surface area (Å²) in [5.74, 6) is 0.535. The minimum Gasteiger partial charge on any atom is -0.497 e. The molecule has 26 heavy (non-hydrogen) atoms. The van der Waals surface area contributed by atoms with Crippen LogP contribution in [0.3, 0.4) is 0 Å². The molecule has 2 N–H and O–H groups in total. The molecule has 134 valence electrons. The zero-order valence-corrected chi connectivity index (χ0v) is 15.1. The normalized spacial score (nSPS) is 11.8. The topological polar surface area (TPSA) is 79.9 Å². The summed E-state index contributed by atoms with van der Waals surface area (Å²) in [6, 6.07) is 11.2. The fourth-order valence-corrected chi connectivity index (χ4v) is 2.92. The van der Waals surface area contributed by atoms with Crippen molar-refractivity contribution >= 4 is 5.91 Å². The molecular weight excluding hydrogens is 328 g/mol. The number of hydrogen-bond donors (Lipinski definition) is 2. The van der Waals surface area contributed by atoms with Crippen LogP contribution in [-0.4, -0.2) is 28.2 Å². The Hall–Kier alpha value is -3.15. The number of hydrogen-bond acceptors (Lipinski definition) is 4. The highest BCUT2D eigenvalue weighted by atomic mass is 16.5. The van der Waals surface area contributed by atoms with Gasteiger partial charge in [-0.05, 0) is 37.1 Å². The lowest BCUT2D eigenvalue weighted by atomic mass is 10.0. The quantitative estimate of drug-likeness (QED) is 0.711. The second-order valence-electron chi connectivity index (χ2n) is 6.03. The number of benzene rings is 1. The average Bonchev–Trinajstić information content (AvgIpc) is 3.16. The lowest BCUT2D eigenvalue weighted by Gasteiger charge is -2.18. The van der Waals surface area contributed by atoms with E-state index in [1.807, 2.05) is 50.2 Å². The minimum absolute atomic E-state index is 0.156. The zero-order valence-electron chi connectivity index (χ0n) is 15.1. The molecule has 0 fully saturated rings. The van der Waals surface area contributed by atoms with Crippen molar-refractivity contribution in [2.45, 2.75) is 26.3 Å². The molecule has 0 aliphatic rings. The van der Waals surface area contributed by atoms with E-state index in [2.05, 4.69) is 20.5 Å². The molecule has 1 aromatic carbocycles. The van der Waals surface area contributed by atoms with Crippen molar-refractivity contribution in [3.05, 3.63) is 65.6 Å². The fourth-order valence-electron chi connectivity index (χ4n) is 2.92. The Kier molecular flexibility index (Phi) is 5.31. The van der Waals surface area contributed by atoms with Gasteiger partial charge in [-0.3, -0.25) is 14.9 Å². The monoisotopic (exact) mass is 350 g/mol. The van der Waals surface area contributed by atoms with Gasteiger partial charge in [0.2, 0.25) is 0 Å². The van der Waals surface area contributed by atoms with Crippen LogP contribution in [0, 0.1) is 6.92 Å². The highest BCUT2D eigenvalue weighted by Gasteiger charge is 2.21. The van der Waals surface area contributed by atoms with Gasteiger partial charge in [0.25, 0.3) is 5.91 Å². The third kappa shape index (κ3) is 3.59. The second-order valence-corrected chi connectivity index (χ2v) is 6.03. The summed E-state index contributed by atoms with van der Waals surface area (Å²) in [4.78, 5) is 17.3. The number of aromatic amines is 1. The van der Waals surface area contributed by atoms with Gasteiger partial charge in [-0.1, -0.05) is 25.1 Å². The SMILES string of the molecule is CCC(NC(=O)c1cn[nH]c1-c1cccc(OC)c1)c1ncccc1C. The first kappa shape index (κ1) is 17.7. The Bertz CT molecular complexity index is 904. The van der Waals surface area contributed by atoms with Crippen LogP contribution in [0.1, 0.15) is 41.0 Å². The molecule has 1 atom stereocenters. The first-order valence-corrected chi connectivity index (χ1v) is 8.54. The predicted molar refractivity (Wildman–Crippen MR) is 100 cm³/mol. The van der Waals surface area contributed by atoms with Crippen molar-refractivity contribution in [3.63, 3.8) is 0 Å². The third-order valence-electron chi connectivity index (χ3n) is 4.34. The summed E-state index contributed by atoms with van der Waals surface area (Å²) < 4.78 is 5.26. The number of H-pyrrole nitrogens is 1. The van der Waals surface area contributed by atoms with Gasteiger partial charge in [0.15, 0.2) is 0 Å². The molecule has 2 aromatic heterocycles. The van der Waals surface area contributed by atoms with Crippen molar-refractivity contribution in [3.8, 4) is 17.0 Å². The molecule has 0 aliphatic carbocycles. The summed E-state index contributed by atoms with van der Waals surface area (Å²) in [7, 11) is 1.61. The van der Waals surface area contributed by atoms with Crippen LogP contribution in [-0.2, 0) is 0 Å². The maximum Gasteiger partial charge on any atom is 0.255 e. The standard InChI is InChI=1S/C20H22N4O2/c1-4-17(18-13(2)7-6-10-21-18)23-20(25)16-12-22-24-19(16)14-8-5-9-15(11-14)26-3/h5-12,17H,4H2,1-3H3,(H,22,24)(H,23,25). The average molecular weight is 350 g/mol. The molecule has 6 nitrogen and oxygen atoms in total. The largest absolute Gasteiger partial charge is 0.497 e. The number of nitrogens with zero attached hydrogens (tertiary/aromatic N) is 2. The summed E-state index contributed by atoms with van der Waals surface area (Å²) in [5.41, 5.74) is 3.93. The van der Waals surface area contributed by atoms with E-state index < -0.39 is 0 Å². The van der Waals surface area contributed by atoms with E-state index >= 15 is 0 Å². The van der Waals surface area contributed by atoms with Crippen LogP contribution >= 0.6 is 0 Å². The highest BCUT2D eigenvalue weighted by Crippen LogP contribution is 2.26. The Morgan fingerprint density at radius 2 is 2.15 bits per heavy atom. The molecule has 2 heterocycles. The molecule has 1 unspecified atom stereocenters. The maximum absolute atomic E-state index is 12.9. The summed E-state index contributed by atoms with van der Waals surface area (Å²) >= 11 is 0. The molecular formula is C20H22N4O2. The van der Waals surface area contributed by atoms with E-state index in [0.29, 0.717) is 11.3 Å². The minimum atomic E-state index is -0.187. The molecule has 3 rings (SSSR count). The van der Waals surface area contributed by atoms with E-state index in [-0.39, 0.29) is 11.9 Å². The van der Waals surface area contributed by atoms with Crippen molar-refractivity contribution in [1.82, 2.24) is 20.5 Å². The van der Waals surface area contributed by atoms with Gasteiger partial charge >= 0.3 is 0 Å². The summed E-state index contributed by atoms with van der Waals surface area (Å²) in [6.45, 7) is 4.02. The fraction of sp³-hybridized carbons (Fsp3) is 0.250. The van der Waals surface area contributed by atoms with Crippen LogP contribution in [0.5, 0.6) is 5.75 Å². The van der Waals surface area contributed by atoms with Gasteiger partial charge in [0, 0.05) is 11.8 Å². The number of aromatic nitrogens is 3. The smallest absolute Gasteiger partial charge is 0.255 e. The third-order valence-corrected chi connectivity index (χ3v) is 4.34. The van der Waals surface area contributed by atoms with E-state index in [1.165, 1.54) is 0 Å². The molecule has 0 aliphatic heterocycles. The van der Waals surface area contributed by atoms with Gasteiger partial charge in [-0.2, -0.15) is 5.10 Å². The van der Waals surface area contributed by atoms with Crippen LogP contribution in [0.4, 0.5) is 0 Å². The number of nitrogens with one attached hydrogen (secondary N) is 2. The van der Waals surface area contributed by atoms with E-state index in [1.54, 1.807) is 19.5 Å². The van der Waals surface area contributed by atoms with Crippen LogP contribution in [0.25, 0.3) is 11.3 Å². The van der Waals surface area contributed by atoms with Crippen LogP contribution in [0.15, 0.2) is 48.8 Å². The number of aryl methyl sites for hydroxylation is 1. The van der Waals surface area contributed by atoms with Crippen molar-refractivity contribution in [2.75, 3.05) is 7.11 Å². The number of amides is 1. The highest BCUT2D eigenvalue weighted by molar-refractivity contribution is 6.00. The van der Waals surface area contributed by atoms with Crippen molar-refractivity contribution < 1.29 is 9.53 Å². The molecule has 0 saturated carbocycles. The van der Waals surface area contributed by atoms with Gasteiger partial charge < -0.3 is 10.1 Å². The van der Waals surface area contributed by atoms with Gasteiger partial charge in [-0.15, -0.1) is 0 Å². The lowest BCUT2D eigenvalue weighted by molar-refractivity contribution is 0.0935. The lowest BCUT2D eigenvalue weighted by Crippen LogP contribution is -2.29. The molecule has 6 heteroatoms. The van der Waals surface area contributed by atoms with Crippen LogP contribution < -0.4 is 10.1 Å². The number of rotatable bonds is 6. The number of pyridine rings is 1. The van der Waals surface area contributed by atoms with Crippen molar-refractivity contribution in [1.29, 1.82) is 0 Å². The Labute approximate surface area is 152 Å². The Balaban J connectivity index is 1.87. The first-order chi connectivity index (χ1) is 12.6. The molecule has 0 saturated heterocycles. The second kappa shape index (κ2) is 7.82. The molecule has 0 radical (unpaired) electrons. The summed E-state index contributed by atoms with van der Waals surface area (Å²) in [6.07, 6.45) is 4.04. The van der Waals surface area contributed by atoms with Gasteiger partial charge in [-0.25, -0.2) is 0 Å². The van der Waals surface area contributed by atoms with Crippen molar-refractivity contribution in [2.24, 2.45) is 0 Å². The first-order valence-electron chi connectivity index (χ1n) is 8.54. The number of methoxy groups -OCH3 is 1. The molecule has 1 amide bonds. The maximum atomic E-state index is 12.9. The predicted octanol–water partition coefficient (Wildman–Crippen LogP) is 3.67.